The molecular formula is C14H13ClN4O. The summed E-state index contributed by atoms with van der Waals surface area (Å²) in [4.78, 5) is 8.42. The van der Waals surface area contributed by atoms with Crippen LogP contribution in [0.5, 0.6) is 5.75 Å². The first-order valence-corrected chi connectivity index (χ1v) is 6.43. The Hall–Kier alpha value is -2.32. The molecule has 2 aromatic rings. The van der Waals surface area contributed by atoms with E-state index < -0.39 is 0 Å². The Morgan fingerprint density at radius 1 is 1.40 bits per heavy atom. The molecule has 1 N–H and O–H groups in total. The molecule has 0 saturated carbocycles. The Kier molecular flexibility index (Phi) is 4.38. The van der Waals surface area contributed by atoms with Crippen LogP contribution in [0.2, 0.25) is 5.15 Å². The predicted molar refractivity (Wildman–Crippen MR) is 77.4 cm³/mol. The molecule has 6 heteroatoms. The van der Waals surface area contributed by atoms with E-state index in [-0.39, 0.29) is 0 Å². The van der Waals surface area contributed by atoms with Gasteiger partial charge in [-0.3, -0.25) is 0 Å². The number of nitrogens with zero attached hydrogens (tertiary/aromatic N) is 3. The number of halogens is 1. The second-order valence-electron chi connectivity index (χ2n) is 3.97. The summed E-state index contributed by atoms with van der Waals surface area (Å²) in [6.45, 7) is 1.94. The number of aromatic nitrogens is 2. The maximum absolute atomic E-state index is 9.17. The quantitative estimate of drug-likeness (QED) is 0.874. The minimum Gasteiger partial charge on any atom is -0.495 e. The maximum Gasteiger partial charge on any atom is 0.143 e. The van der Waals surface area contributed by atoms with E-state index in [9.17, 15) is 0 Å². The Labute approximate surface area is 122 Å². The zero-order chi connectivity index (χ0) is 14.5. The molecule has 0 radical (unpaired) electrons. The summed E-state index contributed by atoms with van der Waals surface area (Å²) >= 11 is 5.95. The van der Waals surface area contributed by atoms with Gasteiger partial charge >= 0.3 is 0 Å². The molecule has 1 aromatic heterocycles. The lowest BCUT2D eigenvalue weighted by atomic mass is 10.2. The topological polar surface area (TPSA) is 70.8 Å². The normalized spacial score (nSPS) is 9.90. The van der Waals surface area contributed by atoms with E-state index in [4.69, 9.17) is 21.6 Å². The average molecular weight is 289 g/mol. The van der Waals surface area contributed by atoms with E-state index >= 15 is 0 Å². The monoisotopic (exact) mass is 288 g/mol. The van der Waals surface area contributed by atoms with Crippen molar-refractivity contribution in [1.29, 1.82) is 5.26 Å². The molecule has 0 aliphatic carbocycles. The van der Waals surface area contributed by atoms with Gasteiger partial charge in [-0.2, -0.15) is 5.26 Å². The molecule has 20 heavy (non-hydrogen) atoms. The van der Waals surface area contributed by atoms with Crippen LogP contribution in [0.25, 0.3) is 0 Å². The van der Waals surface area contributed by atoms with Gasteiger partial charge in [-0.15, -0.1) is 0 Å². The number of benzene rings is 1. The van der Waals surface area contributed by atoms with Gasteiger partial charge in [-0.25, -0.2) is 9.97 Å². The summed E-state index contributed by atoms with van der Waals surface area (Å²) in [5.41, 5.74) is 1.03. The molecule has 1 heterocycles. The first kappa shape index (κ1) is 14.1. The summed E-state index contributed by atoms with van der Waals surface area (Å²) in [5.74, 6) is 1.73. The molecule has 5 nitrogen and oxygen atoms in total. The van der Waals surface area contributed by atoms with Crippen LogP contribution in [-0.2, 0) is 6.42 Å². The van der Waals surface area contributed by atoms with Crippen LogP contribution in [0, 0.1) is 11.3 Å². The van der Waals surface area contributed by atoms with Crippen molar-refractivity contribution < 1.29 is 4.74 Å². The number of rotatable bonds is 4. The molecule has 0 saturated heterocycles. The van der Waals surface area contributed by atoms with Gasteiger partial charge in [0.15, 0.2) is 0 Å². The number of nitrogens with one attached hydrogen (secondary N) is 1. The van der Waals surface area contributed by atoms with Crippen molar-refractivity contribution in [3.8, 4) is 11.8 Å². The fourth-order valence-electron chi connectivity index (χ4n) is 1.74. The van der Waals surface area contributed by atoms with Crippen LogP contribution >= 0.6 is 11.6 Å². The second-order valence-corrected chi connectivity index (χ2v) is 4.35. The molecule has 0 atom stereocenters. The van der Waals surface area contributed by atoms with Crippen LogP contribution in [0.1, 0.15) is 18.3 Å². The minimum atomic E-state index is 0.354. The molecule has 2 rings (SSSR count). The summed E-state index contributed by atoms with van der Waals surface area (Å²) in [7, 11) is 1.55. The summed E-state index contributed by atoms with van der Waals surface area (Å²) in [6, 6.07) is 8.95. The van der Waals surface area contributed by atoms with E-state index in [1.165, 1.54) is 0 Å². The van der Waals surface area contributed by atoms with E-state index in [1.54, 1.807) is 31.4 Å². The molecule has 0 aliphatic heterocycles. The third-order valence-corrected chi connectivity index (χ3v) is 2.87. The van der Waals surface area contributed by atoms with Crippen LogP contribution in [0.3, 0.4) is 0 Å². The number of methoxy groups -OCH3 is 1. The minimum absolute atomic E-state index is 0.354. The second kappa shape index (κ2) is 6.22. The van der Waals surface area contributed by atoms with Crippen molar-refractivity contribution in [3.63, 3.8) is 0 Å². The van der Waals surface area contributed by atoms with Crippen LogP contribution in [0.15, 0.2) is 24.3 Å². The number of para-hydroxylation sites is 1. The van der Waals surface area contributed by atoms with Gasteiger partial charge in [0.2, 0.25) is 0 Å². The first-order valence-electron chi connectivity index (χ1n) is 6.05. The fraction of sp³-hybridized carbons (Fsp3) is 0.214. The lowest BCUT2D eigenvalue weighted by Crippen LogP contribution is -2.02. The van der Waals surface area contributed by atoms with Crippen molar-refractivity contribution in [3.05, 3.63) is 40.8 Å². The standard InChI is InChI=1S/C14H13ClN4O/c1-3-12-17-11(15)7-13(18-12)19-14-9(8-16)5-4-6-10(14)20-2/h4-7H,3H2,1-2H3,(H,17,18,19). The number of nitriles is 1. The van der Waals surface area contributed by atoms with Crippen LogP contribution in [-0.4, -0.2) is 17.1 Å². The highest BCUT2D eigenvalue weighted by Gasteiger charge is 2.11. The van der Waals surface area contributed by atoms with E-state index in [0.29, 0.717) is 40.2 Å². The largest absolute Gasteiger partial charge is 0.495 e. The van der Waals surface area contributed by atoms with Gasteiger partial charge in [0, 0.05) is 12.5 Å². The van der Waals surface area contributed by atoms with Crippen LogP contribution < -0.4 is 10.1 Å². The lowest BCUT2D eigenvalue weighted by Gasteiger charge is -2.12. The van der Waals surface area contributed by atoms with Gasteiger partial charge in [0.05, 0.1) is 12.7 Å². The highest BCUT2D eigenvalue weighted by Crippen LogP contribution is 2.30. The number of ether oxygens (including phenoxy) is 1. The molecule has 0 amide bonds. The number of anilines is 2. The van der Waals surface area contributed by atoms with Gasteiger partial charge in [0.25, 0.3) is 0 Å². The van der Waals surface area contributed by atoms with Crippen molar-refractivity contribution in [2.75, 3.05) is 12.4 Å². The predicted octanol–water partition coefficient (Wildman–Crippen LogP) is 3.32. The SMILES string of the molecule is CCc1nc(Cl)cc(Nc2c(C#N)cccc2OC)n1. The van der Waals surface area contributed by atoms with Gasteiger partial charge in [0.1, 0.15) is 34.3 Å². The van der Waals surface area contributed by atoms with Crippen molar-refractivity contribution >= 4 is 23.1 Å². The third kappa shape index (κ3) is 2.98. The Morgan fingerprint density at radius 2 is 2.20 bits per heavy atom. The highest BCUT2D eigenvalue weighted by atomic mass is 35.5. The van der Waals surface area contributed by atoms with Crippen molar-refractivity contribution in [2.24, 2.45) is 0 Å². The number of hydrogen-bond acceptors (Lipinski definition) is 5. The van der Waals surface area contributed by atoms with E-state index in [2.05, 4.69) is 21.4 Å². The summed E-state index contributed by atoms with van der Waals surface area (Å²) in [6.07, 6.45) is 0.673. The van der Waals surface area contributed by atoms with Crippen molar-refractivity contribution in [2.45, 2.75) is 13.3 Å². The molecule has 0 bridgehead atoms. The molecule has 0 unspecified atom stereocenters. The smallest absolute Gasteiger partial charge is 0.143 e. The molecule has 0 aliphatic rings. The maximum atomic E-state index is 9.17. The molecule has 0 spiro atoms. The molecule has 0 fully saturated rings. The molecule has 1 aromatic carbocycles. The molecular weight excluding hydrogens is 276 g/mol. The third-order valence-electron chi connectivity index (χ3n) is 2.68. The van der Waals surface area contributed by atoms with Crippen molar-refractivity contribution in [1.82, 2.24) is 9.97 Å². The molecule has 102 valence electrons. The van der Waals surface area contributed by atoms with Gasteiger partial charge in [-0.05, 0) is 12.1 Å². The number of hydrogen-bond donors (Lipinski definition) is 1. The highest BCUT2D eigenvalue weighted by molar-refractivity contribution is 6.29. The zero-order valence-corrected chi connectivity index (χ0v) is 11.9. The first-order chi connectivity index (χ1) is 9.67. The van der Waals surface area contributed by atoms with Gasteiger partial charge in [-0.1, -0.05) is 24.6 Å². The summed E-state index contributed by atoms with van der Waals surface area (Å²) < 4.78 is 5.26. The lowest BCUT2D eigenvalue weighted by molar-refractivity contribution is 0.416. The van der Waals surface area contributed by atoms with Gasteiger partial charge < -0.3 is 10.1 Å². The Morgan fingerprint density at radius 3 is 2.85 bits per heavy atom. The summed E-state index contributed by atoms with van der Waals surface area (Å²) in [5, 5.41) is 12.6. The zero-order valence-electron chi connectivity index (χ0n) is 11.1. The number of aryl methyl sites for hydroxylation is 1. The Bertz CT molecular complexity index is 667. The Balaban J connectivity index is 2.44. The van der Waals surface area contributed by atoms with E-state index in [1.807, 2.05) is 6.92 Å². The van der Waals surface area contributed by atoms with E-state index in [0.717, 1.165) is 0 Å². The average Bonchev–Trinajstić information content (AvgIpc) is 2.46. The fourth-order valence-corrected chi connectivity index (χ4v) is 1.94. The van der Waals surface area contributed by atoms with Crippen LogP contribution in [0.4, 0.5) is 11.5 Å².